The number of carbonyl (C=O) groups is 1. The summed E-state index contributed by atoms with van der Waals surface area (Å²) < 4.78 is 49.7. The van der Waals surface area contributed by atoms with Crippen LogP contribution in [-0.2, 0) is 6.18 Å². The summed E-state index contributed by atoms with van der Waals surface area (Å²) in [5.41, 5.74) is 0.268. The molecule has 216 valence electrons. The van der Waals surface area contributed by atoms with Crippen molar-refractivity contribution in [2.75, 3.05) is 33.4 Å². The molecular formula is C29H29BrF3N5O3. The van der Waals surface area contributed by atoms with Gasteiger partial charge in [0.15, 0.2) is 11.3 Å². The van der Waals surface area contributed by atoms with E-state index < -0.39 is 17.8 Å². The summed E-state index contributed by atoms with van der Waals surface area (Å²) >= 11 is 3.55. The lowest BCUT2D eigenvalue weighted by Gasteiger charge is -2.43. The lowest BCUT2D eigenvalue weighted by molar-refractivity contribution is -0.143. The maximum atomic E-state index is 14.3. The van der Waals surface area contributed by atoms with Crippen LogP contribution in [-0.4, -0.2) is 74.8 Å². The van der Waals surface area contributed by atoms with Gasteiger partial charge in [0.25, 0.3) is 5.91 Å². The highest BCUT2D eigenvalue weighted by molar-refractivity contribution is 9.10. The van der Waals surface area contributed by atoms with Gasteiger partial charge in [-0.3, -0.25) is 9.69 Å². The number of amides is 1. The molecule has 1 saturated heterocycles. The zero-order valence-electron chi connectivity index (χ0n) is 22.7. The zero-order valence-corrected chi connectivity index (χ0v) is 24.3. The molecule has 0 spiro atoms. The number of piperazine rings is 1. The Hall–Kier alpha value is -3.48. The lowest BCUT2D eigenvalue weighted by Crippen LogP contribution is -2.55. The quantitative estimate of drug-likeness (QED) is 0.308. The van der Waals surface area contributed by atoms with E-state index in [2.05, 4.69) is 30.9 Å². The Labute approximate surface area is 243 Å². The van der Waals surface area contributed by atoms with Crippen molar-refractivity contribution in [2.45, 2.75) is 32.1 Å². The van der Waals surface area contributed by atoms with Crippen LogP contribution in [0.3, 0.4) is 0 Å². The number of alkyl halides is 3. The third-order valence-corrected chi connectivity index (χ3v) is 8.27. The van der Waals surface area contributed by atoms with E-state index in [9.17, 15) is 23.1 Å². The van der Waals surface area contributed by atoms with Crippen LogP contribution in [0.5, 0.6) is 5.75 Å². The molecule has 4 aromatic rings. The third kappa shape index (κ3) is 5.43. The number of ether oxygens (including phenoxy) is 1. The van der Waals surface area contributed by atoms with E-state index in [-0.39, 0.29) is 41.2 Å². The molecule has 0 saturated carbocycles. The van der Waals surface area contributed by atoms with Crippen LogP contribution in [0.25, 0.3) is 16.9 Å². The maximum Gasteiger partial charge on any atom is 0.433 e. The number of aliphatic hydroxyl groups is 1. The number of hydrogen-bond donors (Lipinski definition) is 1. The van der Waals surface area contributed by atoms with Crippen molar-refractivity contribution in [3.05, 3.63) is 81.6 Å². The number of nitrogens with zero attached hydrogens (tertiary/aromatic N) is 5. The second-order valence-electron chi connectivity index (χ2n) is 10.0. The number of benzene rings is 2. The van der Waals surface area contributed by atoms with Crippen LogP contribution in [0.15, 0.2) is 59.2 Å². The summed E-state index contributed by atoms with van der Waals surface area (Å²) in [5.74, 6) is 0.110. The Morgan fingerprint density at radius 3 is 2.49 bits per heavy atom. The van der Waals surface area contributed by atoms with Crippen LogP contribution < -0.4 is 4.74 Å². The molecule has 2 atom stereocenters. The number of aliphatic hydroxyl groups excluding tert-OH is 1. The lowest BCUT2D eigenvalue weighted by atomic mass is 10.0. The molecule has 1 aliphatic rings. The van der Waals surface area contributed by atoms with Crippen molar-refractivity contribution >= 4 is 27.5 Å². The van der Waals surface area contributed by atoms with E-state index in [0.29, 0.717) is 35.5 Å². The summed E-state index contributed by atoms with van der Waals surface area (Å²) in [6.45, 7) is 4.39. The molecule has 1 aliphatic heterocycles. The first-order chi connectivity index (χ1) is 19.5. The van der Waals surface area contributed by atoms with Gasteiger partial charge in [-0.05, 0) is 49.7 Å². The summed E-state index contributed by atoms with van der Waals surface area (Å²) in [5, 5.41) is 14.2. The minimum Gasteiger partial charge on any atom is -0.497 e. The first-order valence-electron chi connectivity index (χ1n) is 13.0. The fourth-order valence-electron chi connectivity index (χ4n) is 5.47. The molecule has 1 N–H and O–H groups in total. The van der Waals surface area contributed by atoms with Crippen LogP contribution >= 0.6 is 15.9 Å². The smallest absolute Gasteiger partial charge is 0.433 e. The fourth-order valence-corrected chi connectivity index (χ4v) is 6.02. The average molecular weight is 632 g/mol. The zero-order chi connectivity index (χ0) is 29.5. The van der Waals surface area contributed by atoms with Gasteiger partial charge in [0.05, 0.1) is 31.6 Å². The summed E-state index contributed by atoms with van der Waals surface area (Å²) in [6.07, 6.45) is -3.57. The maximum absolute atomic E-state index is 14.3. The first-order valence-corrected chi connectivity index (χ1v) is 13.8. The van der Waals surface area contributed by atoms with E-state index in [1.165, 1.54) is 14.0 Å². The number of carbonyl (C=O) groups excluding carboxylic acids is 1. The third-order valence-electron chi connectivity index (χ3n) is 7.54. The largest absolute Gasteiger partial charge is 0.497 e. The Balaban J connectivity index is 1.49. The van der Waals surface area contributed by atoms with Crippen molar-refractivity contribution in [3.63, 3.8) is 0 Å². The number of methoxy groups -OCH3 is 1. The molecule has 41 heavy (non-hydrogen) atoms. The molecule has 12 heteroatoms. The van der Waals surface area contributed by atoms with Gasteiger partial charge in [-0.15, -0.1) is 0 Å². The van der Waals surface area contributed by atoms with Gasteiger partial charge in [-0.25, -0.2) is 9.50 Å². The molecular weight excluding hydrogens is 603 g/mol. The monoisotopic (exact) mass is 631 g/mol. The Kier molecular flexibility index (Phi) is 8.09. The molecule has 2 aromatic carbocycles. The van der Waals surface area contributed by atoms with E-state index in [1.54, 1.807) is 29.2 Å². The predicted octanol–water partition coefficient (Wildman–Crippen LogP) is 5.37. The number of fused-ring (bicyclic) bond motifs is 1. The Morgan fingerprint density at radius 1 is 1.17 bits per heavy atom. The average Bonchev–Trinajstić information content (AvgIpc) is 3.36. The molecule has 0 radical (unpaired) electrons. The van der Waals surface area contributed by atoms with Crippen molar-refractivity contribution in [2.24, 2.45) is 0 Å². The second-order valence-corrected chi connectivity index (χ2v) is 10.9. The van der Waals surface area contributed by atoms with Gasteiger partial charge >= 0.3 is 6.18 Å². The fraction of sp³-hybridized carbons (Fsp3) is 0.345. The van der Waals surface area contributed by atoms with Crippen molar-refractivity contribution < 1.29 is 27.8 Å². The first kappa shape index (κ1) is 29.0. The molecule has 2 aromatic heterocycles. The van der Waals surface area contributed by atoms with Gasteiger partial charge < -0.3 is 14.7 Å². The van der Waals surface area contributed by atoms with Gasteiger partial charge in [0.2, 0.25) is 0 Å². The minimum atomic E-state index is -4.73. The Morgan fingerprint density at radius 2 is 1.88 bits per heavy atom. The van der Waals surface area contributed by atoms with Crippen molar-refractivity contribution in [1.82, 2.24) is 24.4 Å². The Bertz CT molecular complexity index is 1570. The molecule has 0 aliphatic carbocycles. The number of hydrogen-bond acceptors (Lipinski definition) is 6. The van der Waals surface area contributed by atoms with Gasteiger partial charge in [-0.1, -0.05) is 34.1 Å². The highest BCUT2D eigenvalue weighted by Crippen LogP contribution is 2.37. The van der Waals surface area contributed by atoms with E-state index in [4.69, 9.17) is 4.74 Å². The summed E-state index contributed by atoms with van der Waals surface area (Å²) in [7, 11) is 1.50. The standard InChI is InChI=1S/C29H29BrF3N5O3/c1-17-15-36(24(16-39)21-6-4-5-7-23(21)30)12-13-37(17)28(40)22-14-34-38-26(29(31,32)33)18(2)25(35-27(22)38)19-8-10-20(41-3)11-9-19/h4-11,14,17,24,39H,12-13,15-16H2,1-3H3/t17-,24+/m1/s1. The SMILES string of the molecule is COc1ccc(-c2nc3c(C(=O)N4CCN([C@@H](CO)c5ccccc5Br)C[C@H]4C)cnn3c(C(F)(F)F)c2C)cc1. The number of aromatic nitrogens is 3. The second kappa shape index (κ2) is 11.4. The van der Waals surface area contributed by atoms with Crippen LogP contribution in [0, 0.1) is 6.92 Å². The summed E-state index contributed by atoms with van der Waals surface area (Å²) in [4.78, 5) is 22.1. The normalized spacial score (nSPS) is 17.2. The van der Waals surface area contributed by atoms with Gasteiger partial charge in [0, 0.05) is 41.3 Å². The minimum absolute atomic E-state index is 0.00456. The molecule has 8 nitrogen and oxygen atoms in total. The molecule has 3 heterocycles. The van der Waals surface area contributed by atoms with Gasteiger partial charge in [-0.2, -0.15) is 18.3 Å². The highest BCUT2D eigenvalue weighted by atomic mass is 79.9. The molecule has 1 amide bonds. The molecule has 5 rings (SSSR count). The number of rotatable bonds is 6. The van der Waals surface area contributed by atoms with E-state index >= 15 is 0 Å². The van der Waals surface area contributed by atoms with E-state index in [1.807, 2.05) is 31.2 Å². The van der Waals surface area contributed by atoms with Crippen LogP contribution in [0.1, 0.15) is 40.1 Å². The van der Waals surface area contributed by atoms with Gasteiger partial charge in [0.1, 0.15) is 11.3 Å². The van der Waals surface area contributed by atoms with Crippen LogP contribution in [0.4, 0.5) is 13.2 Å². The van der Waals surface area contributed by atoms with Crippen LogP contribution in [0.2, 0.25) is 0 Å². The number of halogens is 4. The summed E-state index contributed by atoms with van der Waals surface area (Å²) in [6, 6.07) is 13.7. The molecule has 0 bridgehead atoms. The molecule has 0 unspecified atom stereocenters. The topological polar surface area (TPSA) is 83.2 Å². The molecule has 1 fully saturated rings. The van der Waals surface area contributed by atoms with Crippen molar-refractivity contribution in [3.8, 4) is 17.0 Å². The predicted molar refractivity (Wildman–Crippen MR) is 151 cm³/mol. The highest BCUT2D eigenvalue weighted by Gasteiger charge is 2.40. The van der Waals surface area contributed by atoms with Crippen molar-refractivity contribution in [1.29, 1.82) is 0 Å². The van der Waals surface area contributed by atoms with E-state index in [0.717, 1.165) is 16.2 Å².